The molecule has 2 unspecified atom stereocenters. The standard InChI is InChI=1S/C26H35Cl2NOSi/c1-26(2,3)31(4,5)30-25(19-9-8-10-21(28)17-19)24(18-13-15-20(27)16-14-18)29-22-11-6-7-12-23(22)29/h8-10,13-17,22-25H,6-7,11-12H2,1-5H3/t22?,23?,24-,25+,29?/m1/s1. The number of hydrogen-bond acceptors (Lipinski definition) is 2. The number of halogens is 2. The van der Waals surface area contributed by atoms with Gasteiger partial charge in [0.2, 0.25) is 0 Å². The zero-order chi connectivity index (χ0) is 22.4. The lowest BCUT2D eigenvalue weighted by molar-refractivity contribution is 0.0996. The van der Waals surface area contributed by atoms with E-state index in [2.05, 4.69) is 63.0 Å². The van der Waals surface area contributed by atoms with Crippen molar-refractivity contribution in [3.63, 3.8) is 0 Å². The summed E-state index contributed by atoms with van der Waals surface area (Å²) >= 11 is 12.7. The Hall–Kier alpha value is -0.843. The smallest absolute Gasteiger partial charge is 0.193 e. The Morgan fingerprint density at radius 2 is 1.52 bits per heavy atom. The van der Waals surface area contributed by atoms with E-state index in [1.54, 1.807) is 0 Å². The van der Waals surface area contributed by atoms with E-state index in [9.17, 15) is 0 Å². The Bertz CT molecular complexity index is 896. The summed E-state index contributed by atoms with van der Waals surface area (Å²) in [4.78, 5) is 2.72. The first-order valence-corrected chi connectivity index (χ1v) is 15.2. The molecule has 2 nitrogen and oxygen atoms in total. The summed E-state index contributed by atoms with van der Waals surface area (Å²) in [7, 11) is -2.04. The Labute approximate surface area is 199 Å². The van der Waals surface area contributed by atoms with Crippen LogP contribution in [0.1, 0.15) is 69.7 Å². The van der Waals surface area contributed by atoms with Gasteiger partial charge in [-0.2, -0.15) is 0 Å². The van der Waals surface area contributed by atoms with Crippen molar-refractivity contribution < 1.29 is 4.43 Å². The molecule has 2 fully saturated rings. The van der Waals surface area contributed by atoms with Crippen LogP contribution in [0.3, 0.4) is 0 Å². The maximum atomic E-state index is 7.20. The van der Waals surface area contributed by atoms with Crippen molar-refractivity contribution in [1.29, 1.82) is 0 Å². The summed E-state index contributed by atoms with van der Waals surface area (Å²) in [6, 6.07) is 18.2. The summed E-state index contributed by atoms with van der Waals surface area (Å²) in [6.45, 7) is 11.6. The highest BCUT2D eigenvalue weighted by molar-refractivity contribution is 6.74. The van der Waals surface area contributed by atoms with Crippen molar-refractivity contribution in [2.45, 2.75) is 88.8 Å². The molecule has 168 valence electrons. The van der Waals surface area contributed by atoms with Gasteiger partial charge in [0.05, 0.1) is 12.1 Å². The van der Waals surface area contributed by atoms with Crippen molar-refractivity contribution in [1.82, 2.24) is 4.90 Å². The molecule has 2 aliphatic rings. The third kappa shape index (κ3) is 4.91. The molecule has 4 rings (SSSR count). The average molecular weight is 477 g/mol. The first-order valence-electron chi connectivity index (χ1n) is 11.5. The molecule has 31 heavy (non-hydrogen) atoms. The summed E-state index contributed by atoms with van der Waals surface area (Å²) < 4.78 is 7.20. The van der Waals surface area contributed by atoms with E-state index in [1.807, 2.05) is 24.3 Å². The number of likely N-dealkylation sites (tertiary alicyclic amines) is 1. The number of benzene rings is 2. The van der Waals surface area contributed by atoms with E-state index in [1.165, 1.54) is 36.8 Å². The molecule has 0 aromatic heterocycles. The zero-order valence-corrected chi connectivity index (χ0v) is 21.9. The van der Waals surface area contributed by atoms with Gasteiger partial charge in [0.25, 0.3) is 0 Å². The molecule has 1 aliphatic carbocycles. The van der Waals surface area contributed by atoms with Gasteiger partial charge in [-0.05, 0) is 66.4 Å². The van der Waals surface area contributed by atoms with Gasteiger partial charge in [-0.25, -0.2) is 0 Å². The first kappa shape index (κ1) is 23.3. The predicted molar refractivity (Wildman–Crippen MR) is 135 cm³/mol. The first-order chi connectivity index (χ1) is 14.6. The number of rotatable bonds is 6. The minimum Gasteiger partial charge on any atom is -0.408 e. The highest BCUT2D eigenvalue weighted by Crippen LogP contribution is 2.53. The molecule has 0 bridgehead atoms. The van der Waals surface area contributed by atoms with E-state index in [0.29, 0.717) is 12.1 Å². The summed E-state index contributed by atoms with van der Waals surface area (Å²) in [5.74, 6) is 0. The molecular formula is C26H35Cl2NOSi. The van der Waals surface area contributed by atoms with Crippen LogP contribution < -0.4 is 0 Å². The molecule has 2 aromatic rings. The lowest BCUT2D eigenvalue weighted by Gasteiger charge is -2.42. The van der Waals surface area contributed by atoms with Crippen molar-refractivity contribution >= 4 is 31.5 Å². The minimum absolute atomic E-state index is 0.0635. The normalized spacial score (nSPS) is 25.6. The van der Waals surface area contributed by atoms with E-state index >= 15 is 0 Å². The molecule has 4 atom stereocenters. The zero-order valence-electron chi connectivity index (χ0n) is 19.4. The van der Waals surface area contributed by atoms with Gasteiger partial charge in [0.15, 0.2) is 8.32 Å². The summed E-state index contributed by atoms with van der Waals surface area (Å²) in [5.41, 5.74) is 2.45. The van der Waals surface area contributed by atoms with Gasteiger partial charge in [0, 0.05) is 22.1 Å². The fourth-order valence-corrected chi connectivity index (χ4v) is 6.39. The molecule has 0 amide bonds. The topological polar surface area (TPSA) is 12.2 Å². The lowest BCUT2D eigenvalue weighted by Crippen LogP contribution is -2.43. The Morgan fingerprint density at radius 1 is 0.903 bits per heavy atom. The molecule has 2 aromatic carbocycles. The highest BCUT2D eigenvalue weighted by Gasteiger charge is 2.55. The molecule has 1 saturated carbocycles. The van der Waals surface area contributed by atoms with Crippen LogP contribution in [0.4, 0.5) is 0 Å². The molecule has 0 N–H and O–H groups in total. The minimum atomic E-state index is -2.04. The van der Waals surface area contributed by atoms with E-state index < -0.39 is 8.32 Å². The Kier molecular flexibility index (Phi) is 6.64. The molecule has 0 spiro atoms. The molecular weight excluding hydrogens is 441 g/mol. The summed E-state index contributed by atoms with van der Waals surface area (Å²) in [5, 5.41) is 1.66. The van der Waals surface area contributed by atoms with E-state index in [4.69, 9.17) is 27.6 Å². The third-order valence-electron chi connectivity index (χ3n) is 7.59. The number of hydrogen-bond donors (Lipinski definition) is 0. The van der Waals surface area contributed by atoms with Crippen LogP contribution in [0.25, 0.3) is 0 Å². The molecule has 1 saturated heterocycles. The fourth-order valence-electron chi connectivity index (χ4n) is 4.81. The summed E-state index contributed by atoms with van der Waals surface area (Å²) in [6.07, 6.45) is 5.17. The van der Waals surface area contributed by atoms with Gasteiger partial charge < -0.3 is 4.43 Å². The Morgan fingerprint density at radius 3 is 2.06 bits per heavy atom. The number of nitrogens with zero attached hydrogens (tertiary/aromatic N) is 1. The van der Waals surface area contributed by atoms with E-state index in [-0.39, 0.29) is 17.2 Å². The third-order valence-corrected chi connectivity index (χ3v) is 12.5. The van der Waals surface area contributed by atoms with Gasteiger partial charge in [-0.15, -0.1) is 0 Å². The number of fused-ring (bicyclic) bond motifs is 1. The second kappa shape index (κ2) is 8.83. The van der Waals surface area contributed by atoms with Gasteiger partial charge >= 0.3 is 0 Å². The van der Waals surface area contributed by atoms with Crippen LogP contribution >= 0.6 is 23.2 Å². The molecule has 5 heteroatoms. The monoisotopic (exact) mass is 475 g/mol. The van der Waals surface area contributed by atoms with Crippen molar-refractivity contribution in [3.8, 4) is 0 Å². The second-order valence-electron chi connectivity index (χ2n) is 10.7. The van der Waals surface area contributed by atoms with Gasteiger partial charge in [-0.3, -0.25) is 4.90 Å². The quantitative estimate of drug-likeness (QED) is 0.306. The lowest BCUT2D eigenvalue weighted by atomic mass is 9.95. The van der Waals surface area contributed by atoms with Crippen molar-refractivity contribution in [3.05, 3.63) is 69.7 Å². The van der Waals surface area contributed by atoms with Gasteiger partial charge in [-0.1, -0.05) is 81.1 Å². The van der Waals surface area contributed by atoms with E-state index in [0.717, 1.165) is 10.0 Å². The predicted octanol–water partition coefficient (Wildman–Crippen LogP) is 8.42. The van der Waals surface area contributed by atoms with Crippen LogP contribution in [-0.2, 0) is 4.43 Å². The van der Waals surface area contributed by atoms with Crippen molar-refractivity contribution in [2.75, 3.05) is 0 Å². The average Bonchev–Trinajstić information content (AvgIpc) is 3.42. The second-order valence-corrected chi connectivity index (χ2v) is 16.3. The van der Waals surface area contributed by atoms with Crippen LogP contribution in [-0.4, -0.2) is 25.3 Å². The van der Waals surface area contributed by atoms with Crippen LogP contribution in [0, 0.1) is 0 Å². The maximum Gasteiger partial charge on any atom is 0.193 e. The molecule has 1 heterocycles. The SMILES string of the molecule is CC(C)(C)[Si](C)(C)O[C@@H](c1cccc(Cl)c1)[C@@H](c1ccc(Cl)cc1)N1C2CCCCC21. The largest absolute Gasteiger partial charge is 0.408 e. The van der Waals surface area contributed by atoms with Crippen LogP contribution in [0.5, 0.6) is 0 Å². The fraction of sp³-hybridized carbons (Fsp3) is 0.538. The maximum absolute atomic E-state index is 7.20. The van der Waals surface area contributed by atoms with Crippen molar-refractivity contribution in [2.24, 2.45) is 0 Å². The van der Waals surface area contributed by atoms with Crippen LogP contribution in [0.2, 0.25) is 28.2 Å². The highest BCUT2D eigenvalue weighted by atomic mass is 35.5. The molecule has 1 aliphatic heterocycles. The Balaban J connectivity index is 1.80. The van der Waals surface area contributed by atoms with Crippen LogP contribution in [0.15, 0.2) is 48.5 Å². The molecule has 0 radical (unpaired) electrons. The van der Waals surface area contributed by atoms with Gasteiger partial charge in [0.1, 0.15) is 0 Å².